The second-order valence-corrected chi connectivity index (χ2v) is 7.00. The Kier molecular flexibility index (Phi) is 4.62. The zero-order valence-corrected chi connectivity index (χ0v) is 15.8. The van der Waals surface area contributed by atoms with Crippen molar-refractivity contribution in [2.75, 3.05) is 10.6 Å². The summed E-state index contributed by atoms with van der Waals surface area (Å²) in [5.41, 5.74) is 2.81. The topological polar surface area (TPSA) is 76.0 Å². The smallest absolute Gasteiger partial charge is 0.251 e. The summed E-state index contributed by atoms with van der Waals surface area (Å²) in [6.45, 7) is 3.52. The molecule has 0 spiro atoms. The summed E-state index contributed by atoms with van der Waals surface area (Å²) < 4.78 is 28.7. The van der Waals surface area contributed by atoms with Crippen LogP contribution in [-0.2, 0) is 9.59 Å². The van der Waals surface area contributed by atoms with Crippen LogP contribution >= 0.6 is 0 Å². The number of hydrogen-bond acceptors (Lipinski definition) is 3. The van der Waals surface area contributed by atoms with Crippen molar-refractivity contribution in [3.8, 4) is 11.1 Å². The van der Waals surface area contributed by atoms with Crippen molar-refractivity contribution in [2.45, 2.75) is 26.3 Å². The maximum atomic E-state index is 14.0. The van der Waals surface area contributed by atoms with Gasteiger partial charge in [-0.15, -0.1) is 0 Å². The van der Waals surface area contributed by atoms with Crippen molar-refractivity contribution >= 4 is 23.3 Å². The van der Waals surface area contributed by atoms with E-state index in [1.54, 1.807) is 32.0 Å². The fourth-order valence-electron chi connectivity index (χ4n) is 3.44. The van der Waals surface area contributed by atoms with Crippen LogP contribution in [0.15, 0.2) is 42.5 Å². The Bertz CT molecular complexity index is 1120. The fraction of sp³-hybridized carbons (Fsp3) is 0.190. The van der Waals surface area contributed by atoms with Gasteiger partial charge in [-0.2, -0.15) is 5.10 Å². The number of nitrogens with one attached hydrogen (secondary N) is 2. The third-order valence-corrected chi connectivity index (χ3v) is 4.84. The fourth-order valence-corrected chi connectivity index (χ4v) is 3.44. The molecule has 0 saturated heterocycles. The minimum Gasteiger partial charge on any atom is -0.324 e. The van der Waals surface area contributed by atoms with E-state index in [4.69, 9.17) is 0 Å². The SMILES string of the molecule is Cc1ccc(NC(=O)CC2C(=O)Nc3c(-c4ccc(F)cc4)c(C)nn32)c(F)c1. The van der Waals surface area contributed by atoms with E-state index in [1.165, 1.54) is 28.9 Å². The van der Waals surface area contributed by atoms with E-state index in [1.807, 2.05) is 0 Å². The maximum absolute atomic E-state index is 14.0. The molecule has 8 heteroatoms. The van der Waals surface area contributed by atoms with Gasteiger partial charge in [0, 0.05) is 5.56 Å². The Balaban J connectivity index is 1.58. The van der Waals surface area contributed by atoms with Gasteiger partial charge >= 0.3 is 0 Å². The van der Waals surface area contributed by atoms with Gasteiger partial charge in [0.05, 0.1) is 17.8 Å². The van der Waals surface area contributed by atoms with Gasteiger partial charge in [-0.3, -0.25) is 9.59 Å². The number of rotatable bonds is 4. The summed E-state index contributed by atoms with van der Waals surface area (Å²) in [7, 11) is 0. The highest BCUT2D eigenvalue weighted by atomic mass is 19.1. The van der Waals surface area contributed by atoms with E-state index in [0.29, 0.717) is 22.6 Å². The molecule has 0 fully saturated rings. The minimum absolute atomic E-state index is 0.0582. The van der Waals surface area contributed by atoms with Crippen molar-refractivity contribution < 1.29 is 18.4 Å². The minimum atomic E-state index is -0.855. The number of amides is 2. The first-order valence-corrected chi connectivity index (χ1v) is 9.05. The zero-order chi connectivity index (χ0) is 20.7. The largest absolute Gasteiger partial charge is 0.324 e. The molecule has 0 radical (unpaired) electrons. The molecular weight excluding hydrogens is 378 g/mol. The number of halogens is 2. The van der Waals surface area contributed by atoms with E-state index >= 15 is 0 Å². The van der Waals surface area contributed by atoms with Gasteiger partial charge in [-0.25, -0.2) is 13.5 Å². The van der Waals surface area contributed by atoms with E-state index in [2.05, 4.69) is 15.7 Å². The lowest BCUT2D eigenvalue weighted by Gasteiger charge is -2.11. The number of carbonyl (C=O) groups excluding carboxylic acids is 2. The number of aromatic nitrogens is 2. The highest BCUT2D eigenvalue weighted by Gasteiger charge is 2.36. The average molecular weight is 396 g/mol. The summed E-state index contributed by atoms with van der Waals surface area (Å²) >= 11 is 0. The molecule has 1 aliphatic heterocycles. The summed E-state index contributed by atoms with van der Waals surface area (Å²) in [4.78, 5) is 24.9. The molecule has 0 saturated carbocycles. The van der Waals surface area contributed by atoms with Crippen molar-refractivity contribution in [3.63, 3.8) is 0 Å². The number of aryl methyl sites for hydroxylation is 2. The van der Waals surface area contributed by atoms with Crippen LogP contribution in [0.5, 0.6) is 0 Å². The number of nitrogens with zero attached hydrogens (tertiary/aromatic N) is 2. The predicted molar refractivity (Wildman–Crippen MR) is 104 cm³/mol. The molecule has 1 atom stereocenters. The number of anilines is 2. The van der Waals surface area contributed by atoms with E-state index in [-0.39, 0.29) is 23.8 Å². The van der Waals surface area contributed by atoms with Gasteiger partial charge in [-0.1, -0.05) is 18.2 Å². The standard InChI is InChI=1S/C21H18F2N4O2/c1-11-3-8-16(15(23)9-11)24-18(28)10-17-21(29)25-20-19(12(2)26-27(17)20)13-4-6-14(22)7-5-13/h3-9,17H,10H2,1-2H3,(H,24,28)(H,25,29). The number of carbonyl (C=O) groups is 2. The molecule has 29 heavy (non-hydrogen) atoms. The third-order valence-electron chi connectivity index (χ3n) is 4.84. The van der Waals surface area contributed by atoms with Crippen LogP contribution in [0.2, 0.25) is 0 Å². The highest BCUT2D eigenvalue weighted by molar-refractivity contribution is 6.04. The third kappa shape index (κ3) is 3.49. The molecule has 2 heterocycles. The van der Waals surface area contributed by atoms with Crippen LogP contribution in [0.1, 0.15) is 23.7 Å². The first-order chi connectivity index (χ1) is 13.8. The predicted octanol–water partition coefficient (Wildman–Crippen LogP) is 3.97. The van der Waals surface area contributed by atoms with Crippen LogP contribution < -0.4 is 10.6 Å². The lowest BCUT2D eigenvalue weighted by Crippen LogP contribution is -2.24. The molecule has 2 N–H and O–H groups in total. The molecule has 4 rings (SSSR count). The monoisotopic (exact) mass is 396 g/mol. The van der Waals surface area contributed by atoms with Crippen LogP contribution in [0.3, 0.4) is 0 Å². The molecule has 1 unspecified atom stereocenters. The van der Waals surface area contributed by atoms with Crippen LogP contribution in [0, 0.1) is 25.5 Å². The van der Waals surface area contributed by atoms with Gasteiger partial charge in [-0.05, 0) is 49.2 Å². The number of hydrogen-bond donors (Lipinski definition) is 2. The van der Waals surface area contributed by atoms with Gasteiger partial charge in [0.1, 0.15) is 23.5 Å². The lowest BCUT2D eigenvalue weighted by molar-refractivity contribution is -0.123. The first-order valence-electron chi connectivity index (χ1n) is 9.05. The van der Waals surface area contributed by atoms with Crippen molar-refractivity contribution in [3.05, 3.63) is 65.4 Å². The van der Waals surface area contributed by atoms with Crippen molar-refractivity contribution in [1.82, 2.24) is 9.78 Å². The summed E-state index contributed by atoms with van der Waals surface area (Å²) in [6.07, 6.45) is -0.198. The second kappa shape index (κ2) is 7.12. The summed E-state index contributed by atoms with van der Waals surface area (Å²) in [5.74, 6) is -1.33. The molecule has 3 aromatic rings. The first kappa shape index (κ1) is 18.8. The molecule has 1 aliphatic rings. The lowest BCUT2D eigenvalue weighted by atomic mass is 10.1. The Morgan fingerprint density at radius 2 is 1.90 bits per heavy atom. The van der Waals surface area contributed by atoms with E-state index in [9.17, 15) is 18.4 Å². The molecule has 6 nitrogen and oxygen atoms in total. The van der Waals surface area contributed by atoms with Crippen LogP contribution in [-0.4, -0.2) is 21.6 Å². The number of fused-ring (bicyclic) bond motifs is 1. The average Bonchev–Trinajstić information content (AvgIpc) is 3.13. The van der Waals surface area contributed by atoms with Crippen LogP contribution in [0.25, 0.3) is 11.1 Å². The van der Waals surface area contributed by atoms with E-state index in [0.717, 1.165) is 5.56 Å². The summed E-state index contributed by atoms with van der Waals surface area (Å²) in [5, 5.41) is 9.65. The quantitative estimate of drug-likeness (QED) is 0.701. The number of benzene rings is 2. The van der Waals surface area contributed by atoms with Crippen LogP contribution in [0.4, 0.5) is 20.3 Å². The molecule has 148 valence electrons. The summed E-state index contributed by atoms with van der Waals surface area (Å²) in [6, 6.07) is 9.50. The van der Waals surface area contributed by atoms with Crippen molar-refractivity contribution in [2.24, 2.45) is 0 Å². The van der Waals surface area contributed by atoms with Crippen molar-refractivity contribution in [1.29, 1.82) is 0 Å². The molecule has 2 amide bonds. The Morgan fingerprint density at radius 1 is 1.17 bits per heavy atom. The highest BCUT2D eigenvalue weighted by Crippen LogP contribution is 2.38. The van der Waals surface area contributed by atoms with Gasteiger partial charge in [0.2, 0.25) is 5.91 Å². The molecule has 0 aliphatic carbocycles. The van der Waals surface area contributed by atoms with Gasteiger partial charge in [0.25, 0.3) is 5.91 Å². The molecule has 2 aromatic carbocycles. The van der Waals surface area contributed by atoms with Gasteiger partial charge < -0.3 is 10.6 Å². The normalized spacial score (nSPS) is 15.2. The van der Waals surface area contributed by atoms with Gasteiger partial charge in [0.15, 0.2) is 0 Å². The van der Waals surface area contributed by atoms with E-state index < -0.39 is 17.8 Å². The second-order valence-electron chi connectivity index (χ2n) is 7.00. The zero-order valence-electron chi connectivity index (χ0n) is 15.8. The Labute approximate surface area is 165 Å². The molecular formula is C21H18F2N4O2. The molecule has 0 bridgehead atoms. The Morgan fingerprint density at radius 3 is 2.59 bits per heavy atom. The Hall–Kier alpha value is -3.55. The maximum Gasteiger partial charge on any atom is 0.251 e. The molecule has 1 aromatic heterocycles.